The van der Waals surface area contributed by atoms with E-state index in [-0.39, 0.29) is 5.56 Å². The number of ketones is 1. The number of amides is 1. The zero-order valence-electron chi connectivity index (χ0n) is 12.4. The Kier molecular flexibility index (Phi) is 5.40. The van der Waals surface area contributed by atoms with E-state index in [9.17, 15) is 22.8 Å². The molecule has 0 aliphatic heterocycles. The quantitative estimate of drug-likeness (QED) is 0.686. The molecule has 0 aromatic carbocycles. The lowest BCUT2D eigenvalue weighted by atomic mass is 9.88. The Morgan fingerprint density at radius 1 is 1.18 bits per heavy atom. The Labute approximate surface area is 125 Å². The molecule has 0 atom stereocenters. The molecule has 0 unspecified atom stereocenters. The third-order valence-corrected chi connectivity index (χ3v) is 2.73. The standard InChI is InChI=1S/C14H16F3N3O2/c1-13(2,3)11(21)8-10(14(15,16)17)19-20-12(22)9-4-6-18-7-5-9/h4-7H,8H2,1-3H3,(H,20,22)/b19-10+. The van der Waals surface area contributed by atoms with Gasteiger partial charge in [0, 0.05) is 23.4 Å². The van der Waals surface area contributed by atoms with E-state index >= 15 is 0 Å². The predicted molar refractivity (Wildman–Crippen MR) is 74.3 cm³/mol. The van der Waals surface area contributed by atoms with Crippen LogP contribution in [0, 0.1) is 5.41 Å². The van der Waals surface area contributed by atoms with Gasteiger partial charge in [0.1, 0.15) is 11.5 Å². The number of halogens is 3. The molecule has 1 aromatic rings. The minimum atomic E-state index is -4.80. The molecular weight excluding hydrogens is 299 g/mol. The Balaban J connectivity index is 2.89. The van der Waals surface area contributed by atoms with Crippen LogP contribution in [0.4, 0.5) is 13.2 Å². The van der Waals surface area contributed by atoms with Crippen molar-refractivity contribution in [3.63, 3.8) is 0 Å². The average molecular weight is 315 g/mol. The lowest BCUT2D eigenvalue weighted by Crippen LogP contribution is -2.33. The third kappa shape index (κ3) is 5.27. The second-order valence-electron chi connectivity index (χ2n) is 5.58. The van der Waals surface area contributed by atoms with Gasteiger partial charge in [0.05, 0.1) is 6.42 Å². The smallest absolute Gasteiger partial charge is 0.299 e. The fraction of sp³-hybridized carbons (Fsp3) is 0.429. The number of nitrogens with one attached hydrogen (secondary N) is 1. The normalized spacial score (nSPS) is 12.9. The van der Waals surface area contributed by atoms with Gasteiger partial charge in [0.25, 0.3) is 5.91 Å². The van der Waals surface area contributed by atoms with Crippen molar-refractivity contribution >= 4 is 17.4 Å². The SMILES string of the molecule is CC(C)(C)C(=O)C/C(=N\NC(=O)c1ccncc1)C(F)(F)F. The fourth-order valence-corrected chi connectivity index (χ4v) is 1.31. The average Bonchev–Trinajstić information content (AvgIpc) is 2.41. The molecule has 0 aliphatic rings. The van der Waals surface area contributed by atoms with Gasteiger partial charge in [-0.05, 0) is 12.1 Å². The molecule has 8 heteroatoms. The van der Waals surface area contributed by atoms with E-state index < -0.39 is 35.4 Å². The zero-order chi connectivity index (χ0) is 17.0. The molecular formula is C14H16F3N3O2. The Morgan fingerprint density at radius 3 is 2.18 bits per heavy atom. The number of aromatic nitrogens is 1. The van der Waals surface area contributed by atoms with E-state index in [1.54, 1.807) is 0 Å². The van der Waals surface area contributed by atoms with Gasteiger partial charge in [-0.3, -0.25) is 14.6 Å². The van der Waals surface area contributed by atoms with Crippen LogP contribution >= 0.6 is 0 Å². The zero-order valence-corrected chi connectivity index (χ0v) is 12.4. The van der Waals surface area contributed by atoms with Crippen LogP contribution in [0.15, 0.2) is 29.6 Å². The van der Waals surface area contributed by atoms with Gasteiger partial charge in [0.2, 0.25) is 0 Å². The van der Waals surface area contributed by atoms with Crippen molar-refractivity contribution in [2.45, 2.75) is 33.4 Å². The summed E-state index contributed by atoms with van der Waals surface area (Å²) in [7, 11) is 0. The molecule has 1 amide bonds. The van der Waals surface area contributed by atoms with Crippen LogP contribution in [0.2, 0.25) is 0 Å². The monoisotopic (exact) mass is 315 g/mol. The van der Waals surface area contributed by atoms with Gasteiger partial charge in [0.15, 0.2) is 0 Å². The summed E-state index contributed by atoms with van der Waals surface area (Å²) < 4.78 is 38.6. The van der Waals surface area contributed by atoms with Gasteiger partial charge < -0.3 is 0 Å². The van der Waals surface area contributed by atoms with Crippen LogP contribution in [0.25, 0.3) is 0 Å². The minimum Gasteiger partial charge on any atom is -0.299 e. The summed E-state index contributed by atoms with van der Waals surface area (Å²) in [6.45, 7) is 4.54. The summed E-state index contributed by atoms with van der Waals surface area (Å²) in [5.41, 5.74) is -0.343. The van der Waals surface area contributed by atoms with Gasteiger partial charge >= 0.3 is 6.18 Å². The topological polar surface area (TPSA) is 71.4 Å². The molecule has 0 saturated carbocycles. The number of nitrogens with zero attached hydrogens (tertiary/aromatic N) is 2. The summed E-state index contributed by atoms with van der Waals surface area (Å²) in [6, 6.07) is 2.66. The fourth-order valence-electron chi connectivity index (χ4n) is 1.31. The highest BCUT2D eigenvalue weighted by Crippen LogP contribution is 2.24. The van der Waals surface area contributed by atoms with E-state index in [1.807, 2.05) is 5.43 Å². The maximum Gasteiger partial charge on any atom is 0.431 e. The van der Waals surface area contributed by atoms with Crippen molar-refractivity contribution in [2.75, 3.05) is 0 Å². The number of alkyl halides is 3. The number of carbonyl (C=O) groups is 2. The second-order valence-corrected chi connectivity index (χ2v) is 5.58. The molecule has 0 radical (unpaired) electrons. The number of hydrogen-bond acceptors (Lipinski definition) is 4. The van der Waals surface area contributed by atoms with Crippen molar-refractivity contribution in [1.29, 1.82) is 0 Å². The predicted octanol–water partition coefficient (Wildman–Crippen LogP) is 2.74. The van der Waals surface area contributed by atoms with E-state index in [4.69, 9.17) is 0 Å². The van der Waals surface area contributed by atoms with Gasteiger partial charge in [-0.2, -0.15) is 18.3 Å². The summed E-state index contributed by atoms with van der Waals surface area (Å²) in [5, 5.41) is 3.08. The Bertz CT molecular complexity index is 575. The number of rotatable bonds is 4. The second kappa shape index (κ2) is 6.67. The van der Waals surface area contributed by atoms with Crippen LogP contribution in [0.1, 0.15) is 37.6 Å². The molecule has 22 heavy (non-hydrogen) atoms. The first kappa shape index (κ1) is 17.8. The molecule has 1 N–H and O–H groups in total. The van der Waals surface area contributed by atoms with Gasteiger partial charge in [-0.1, -0.05) is 20.8 Å². The van der Waals surface area contributed by atoms with Crippen LogP contribution in [0.3, 0.4) is 0 Å². The highest BCUT2D eigenvalue weighted by atomic mass is 19.4. The molecule has 120 valence electrons. The first-order valence-electron chi connectivity index (χ1n) is 6.39. The molecule has 0 spiro atoms. The van der Waals surface area contributed by atoms with E-state index in [0.717, 1.165) is 0 Å². The summed E-state index contributed by atoms with van der Waals surface area (Å²) in [6.07, 6.45) is -3.05. The molecule has 5 nitrogen and oxygen atoms in total. The van der Waals surface area contributed by atoms with E-state index in [2.05, 4.69) is 10.1 Å². The molecule has 1 rings (SSSR count). The van der Waals surface area contributed by atoms with Crippen LogP contribution in [0.5, 0.6) is 0 Å². The minimum absolute atomic E-state index is 0.113. The van der Waals surface area contributed by atoms with Crippen molar-refractivity contribution in [3.8, 4) is 0 Å². The number of carbonyl (C=O) groups excluding carboxylic acids is 2. The maximum absolute atomic E-state index is 12.9. The lowest BCUT2D eigenvalue weighted by Gasteiger charge is -2.18. The van der Waals surface area contributed by atoms with Crippen molar-refractivity contribution < 1.29 is 22.8 Å². The van der Waals surface area contributed by atoms with Crippen LogP contribution in [-0.2, 0) is 4.79 Å². The first-order valence-corrected chi connectivity index (χ1v) is 6.39. The van der Waals surface area contributed by atoms with Crippen LogP contribution < -0.4 is 5.43 Å². The number of hydrazone groups is 1. The number of hydrogen-bond donors (Lipinski definition) is 1. The summed E-state index contributed by atoms with van der Waals surface area (Å²) in [4.78, 5) is 27.1. The molecule has 0 saturated heterocycles. The van der Waals surface area contributed by atoms with Crippen LogP contribution in [-0.4, -0.2) is 28.6 Å². The Morgan fingerprint density at radius 2 is 1.73 bits per heavy atom. The largest absolute Gasteiger partial charge is 0.431 e. The molecule has 0 fully saturated rings. The van der Waals surface area contributed by atoms with E-state index in [0.29, 0.717) is 0 Å². The van der Waals surface area contributed by atoms with Gasteiger partial charge in [-0.15, -0.1) is 0 Å². The van der Waals surface area contributed by atoms with Crippen molar-refractivity contribution in [3.05, 3.63) is 30.1 Å². The number of pyridine rings is 1. The summed E-state index contributed by atoms with van der Waals surface area (Å²) in [5.74, 6) is -1.44. The lowest BCUT2D eigenvalue weighted by molar-refractivity contribution is -0.126. The molecule has 0 aliphatic carbocycles. The van der Waals surface area contributed by atoms with Gasteiger partial charge in [-0.25, -0.2) is 5.43 Å². The van der Waals surface area contributed by atoms with E-state index in [1.165, 1.54) is 45.3 Å². The maximum atomic E-state index is 12.9. The highest BCUT2D eigenvalue weighted by Gasteiger charge is 2.39. The molecule has 0 bridgehead atoms. The summed E-state index contributed by atoms with van der Waals surface area (Å²) >= 11 is 0. The number of Topliss-reactive ketones (excluding diaryl/α,β-unsaturated/α-hetero) is 1. The first-order chi connectivity index (χ1) is 10.0. The highest BCUT2D eigenvalue weighted by molar-refractivity contribution is 6.07. The van der Waals surface area contributed by atoms with Crippen molar-refractivity contribution in [1.82, 2.24) is 10.4 Å². The molecule has 1 heterocycles. The third-order valence-electron chi connectivity index (χ3n) is 2.73. The van der Waals surface area contributed by atoms with Crippen molar-refractivity contribution in [2.24, 2.45) is 10.5 Å². The molecule has 1 aromatic heterocycles. The Hall–Kier alpha value is -2.25.